The molecule has 1 rings (SSSR count). The highest BCUT2D eigenvalue weighted by atomic mass is 16.5. The summed E-state index contributed by atoms with van der Waals surface area (Å²) in [7, 11) is 0. The zero-order chi connectivity index (χ0) is 12.0. The fourth-order valence-electron chi connectivity index (χ4n) is 1.65. The van der Waals surface area contributed by atoms with Gasteiger partial charge in [0.05, 0.1) is 6.61 Å². The van der Waals surface area contributed by atoms with Crippen LogP contribution in [0.3, 0.4) is 0 Å². The van der Waals surface area contributed by atoms with E-state index in [1.807, 2.05) is 36.8 Å². The van der Waals surface area contributed by atoms with E-state index >= 15 is 0 Å². The van der Waals surface area contributed by atoms with Crippen LogP contribution in [-0.4, -0.2) is 17.1 Å². The molecule has 0 amide bonds. The maximum Gasteiger partial charge on any atom is 0.355 e. The Morgan fingerprint density at radius 1 is 1.62 bits per heavy atom. The highest BCUT2D eigenvalue weighted by molar-refractivity contribution is 5.89. The lowest BCUT2D eigenvalue weighted by Gasteiger charge is -2.08. The Hall–Kier alpha value is -1.51. The second kappa shape index (κ2) is 6.16. The molecule has 0 bridgehead atoms. The van der Waals surface area contributed by atoms with Crippen LogP contribution < -0.4 is 0 Å². The number of aromatic nitrogens is 1. The molecule has 88 valence electrons. The van der Waals surface area contributed by atoms with E-state index in [9.17, 15) is 4.79 Å². The Morgan fingerprint density at radius 3 is 3.00 bits per heavy atom. The van der Waals surface area contributed by atoms with E-state index in [1.165, 1.54) is 0 Å². The molecular formula is C13H19NO2. The summed E-state index contributed by atoms with van der Waals surface area (Å²) in [6, 6.07) is 1.94. The van der Waals surface area contributed by atoms with Crippen molar-refractivity contribution >= 4 is 5.97 Å². The minimum Gasteiger partial charge on any atom is -0.461 e. The molecule has 3 heteroatoms. The number of carbonyl (C=O) groups is 1. The number of hydrogen-bond donors (Lipinski definition) is 0. The number of aryl methyl sites for hydroxylation is 2. The molecule has 1 aromatic rings. The van der Waals surface area contributed by atoms with Crippen molar-refractivity contribution in [3.8, 4) is 0 Å². The molecular weight excluding hydrogens is 202 g/mol. The van der Waals surface area contributed by atoms with Gasteiger partial charge in [0.25, 0.3) is 0 Å². The monoisotopic (exact) mass is 221 g/mol. The van der Waals surface area contributed by atoms with Crippen molar-refractivity contribution in [2.45, 2.75) is 33.2 Å². The highest BCUT2D eigenvalue weighted by Gasteiger charge is 2.14. The van der Waals surface area contributed by atoms with Crippen molar-refractivity contribution in [2.75, 3.05) is 6.61 Å². The van der Waals surface area contributed by atoms with Gasteiger partial charge in [-0.15, -0.1) is 6.58 Å². The number of allylic oxidation sites excluding steroid dienone is 1. The molecule has 0 aliphatic heterocycles. The second-order valence-electron chi connectivity index (χ2n) is 3.69. The van der Waals surface area contributed by atoms with Gasteiger partial charge < -0.3 is 9.30 Å². The molecule has 0 saturated heterocycles. The van der Waals surface area contributed by atoms with Crippen LogP contribution in [0, 0.1) is 6.92 Å². The van der Waals surface area contributed by atoms with E-state index < -0.39 is 0 Å². The van der Waals surface area contributed by atoms with Crippen LogP contribution >= 0.6 is 0 Å². The zero-order valence-corrected chi connectivity index (χ0v) is 10.0. The molecule has 0 fully saturated rings. The number of ether oxygens (including phenoxy) is 1. The topological polar surface area (TPSA) is 31.2 Å². The summed E-state index contributed by atoms with van der Waals surface area (Å²) in [5.74, 6) is -0.233. The Morgan fingerprint density at radius 2 is 2.38 bits per heavy atom. The fourth-order valence-corrected chi connectivity index (χ4v) is 1.65. The Balaban J connectivity index is 2.76. The molecule has 0 radical (unpaired) electrons. The molecule has 16 heavy (non-hydrogen) atoms. The Kier molecular flexibility index (Phi) is 4.83. The predicted molar refractivity (Wildman–Crippen MR) is 64.6 cm³/mol. The van der Waals surface area contributed by atoms with Gasteiger partial charge >= 0.3 is 5.97 Å². The summed E-state index contributed by atoms with van der Waals surface area (Å²) in [6.45, 7) is 8.67. The third-order valence-corrected chi connectivity index (χ3v) is 2.44. The molecule has 0 aromatic carbocycles. The molecule has 1 aromatic heterocycles. The number of rotatable bonds is 6. The van der Waals surface area contributed by atoms with E-state index in [-0.39, 0.29) is 5.97 Å². The van der Waals surface area contributed by atoms with Crippen LogP contribution in [0.4, 0.5) is 0 Å². The number of hydrogen-bond acceptors (Lipinski definition) is 2. The van der Waals surface area contributed by atoms with Gasteiger partial charge in [-0.2, -0.15) is 0 Å². The quantitative estimate of drug-likeness (QED) is 0.420. The fraction of sp³-hybridized carbons (Fsp3) is 0.462. The first-order valence-corrected chi connectivity index (χ1v) is 5.64. The minimum atomic E-state index is -0.233. The molecule has 0 N–H and O–H groups in total. The first kappa shape index (κ1) is 12.6. The molecule has 0 aliphatic rings. The number of carbonyl (C=O) groups excluding carboxylic acids is 1. The lowest BCUT2D eigenvalue weighted by atomic mass is 10.2. The maximum atomic E-state index is 11.7. The van der Waals surface area contributed by atoms with Gasteiger partial charge in [0.15, 0.2) is 0 Å². The van der Waals surface area contributed by atoms with Gasteiger partial charge in [0, 0.05) is 12.7 Å². The van der Waals surface area contributed by atoms with Crippen molar-refractivity contribution in [1.82, 2.24) is 4.57 Å². The van der Waals surface area contributed by atoms with Crippen LogP contribution in [-0.2, 0) is 11.3 Å². The Bertz CT molecular complexity index is 366. The molecule has 0 saturated carbocycles. The summed E-state index contributed by atoms with van der Waals surface area (Å²) < 4.78 is 6.99. The summed E-state index contributed by atoms with van der Waals surface area (Å²) in [5.41, 5.74) is 1.64. The van der Waals surface area contributed by atoms with E-state index in [0.29, 0.717) is 12.3 Å². The molecule has 0 atom stereocenters. The number of esters is 1. The van der Waals surface area contributed by atoms with E-state index in [2.05, 4.69) is 6.58 Å². The van der Waals surface area contributed by atoms with Gasteiger partial charge in [-0.05, 0) is 38.3 Å². The predicted octanol–water partition coefficient (Wildman–Crippen LogP) is 2.94. The van der Waals surface area contributed by atoms with E-state index in [4.69, 9.17) is 4.74 Å². The van der Waals surface area contributed by atoms with Crippen LogP contribution in [0.2, 0.25) is 0 Å². The highest BCUT2D eigenvalue weighted by Crippen LogP contribution is 2.12. The lowest BCUT2D eigenvalue weighted by molar-refractivity contribution is 0.0512. The standard InChI is InChI=1S/C13H19NO2/c1-4-6-7-9-14-10-8-11(3)12(14)13(15)16-5-2/h4,8,10H,1,5-7,9H2,2-3H3. The van der Waals surface area contributed by atoms with Crippen LogP contribution in [0.25, 0.3) is 0 Å². The summed E-state index contributed by atoms with van der Waals surface area (Å²) in [6.07, 6.45) is 5.77. The molecule has 0 unspecified atom stereocenters. The van der Waals surface area contributed by atoms with E-state index in [0.717, 1.165) is 24.9 Å². The van der Waals surface area contributed by atoms with Gasteiger partial charge in [0.2, 0.25) is 0 Å². The number of unbranched alkanes of at least 4 members (excludes halogenated alkanes) is 1. The molecule has 0 spiro atoms. The van der Waals surface area contributed by atoms with Crippen molar-refractivity contribution in [3.05, 3.63) is 36.2 Å². The second-order valence-corrected chi connectivity index (χ2v) is 3.69. The van der Waals surface area contributed by atoms with Gasteiger partial charge in [0.1, 0.15) is 5.69 Å². The third-order valence-electron chi connectivity index (χ3n) is 2.44. The Labute approximate surface area is 96.7 Å². The van der Waals surface area contributed by atoms with Crippen molar-refractivity contribution < 1.29 is 9.53 Å². The first-order valence-electron chi connectivity index (χ1n) is 5.64. The van der Waals surface area contributed by atoms with Crippen molar-refractivity contribution in [2.24, 2.45) is 0 Å². The van der Waals surface area contributed by atoms with Gasteiger partial charge in [-0.25, -0.2) is 4.79 Å². The number of nitrogens with zero attached hydrogens (tertiary/aromatic N) is 1. The smallest absolute Gasteiger partial charge is 0.355 e. The van der Waals surface area contributed by atoms with E-state index in [1.54, 1.807) is 0 Å². The SMILES string of the molecule is C=CCCCn1ccc(C)c1C(=O)OCC. The van der Waals surface area contributed by atoms with Crippen LogP contribution in [0.1, 0.15) is 35.8 Å². The largest absolute Gasteiger partial charge is 0.461 e. The third kappa shape index (κ3) is 2.99. The average molecular weight is 221 g/mol. The van der Waals surface area contributed by atoms with Crippen molar-refractivity contribution in [1.29, 1.82) is 0 Å². The molecule has 0 aliphatic carbocycles. The van der Waals surface area contributed by atoms with Gasteiger partial charge in [-0.1, -0.05) is 6.08 Å². The zero-order valence-electron chi connectivity index (χ0n) is 10.0. The summed E-state index contributed by atoms with van der Waals surface area (Å²) in [5, 5.41) is 0. The van der Waals surface area contributed by atoms with Crippen LogP contribution in [0.15, 0.2) is 24.9 Å². The summed E-state index contributed by atoms with van der Waals surface area (Å²) >= 11 is 0. The lowest BCUT2D eigenvalue weighted by Crippen LogP contribution is -2.13. The average Bonchev–Trinajstić information content (AvgIpc) is 2.61. The molecule has 3 nitrogen and oxygen atoms in total. The normalized spacial score (nSPS) is 10.1. The van der Waals surface area contributed by atoms with Crippen molar-refractivity contribution in [3.63, 3.8) is 0 Å². The van der Waals surface area contributed by atoms with Gasteiger partial charge in [-0.3, -0.25) is 0 Å². The minimum absolute atomic E-state index is 0.233. The molecule has 1 heterocycles. The maximum absolute atomic E-state index is 11.7. The first-order chi connectivity index (χ1) is 7.70. The van der Waals surface area contributed by atoms with Crippen LogP contribution in [0.5, 0.6) is 0 Å². The summed E-state index contributed by atoms with van der Waals surface area (Å²) in [4.78, 5) is 11.7.